The Bertz CT molecular complexity index is 620. The van der Waals surface area contributed by atoms with Crippen LogP contribution in [0.3, 0.4) is 0 Å². The summed E-state index contributed by atoms with van der Waals surface area (Å²) < 4.78 is 7.78. The van der Waals surface area contributed by atoms with Crippen LogP contribution in [-0.4, -0.2) is 19.9 Å². The van der Waals surface area contributed by atoms with E-state index in [9.17, 15) is 0 Å². The van der Waals surface area contributed by atoms with E-state index >= 15 is 0 Å². The molecular weight excluding hydrogens is 371 g/mol. The van der Waals surface area contributed by atoms with Crippen LogP contribution in [0.5, 0.6) is 0 Å². The van der Waals surface area contributed by atoms with E-state index in [-0.39, 0.29) is 5.25 Å². The SMILES string of the molecule is CCCC(S)C(=S)OC(c1ccc(Cl)cc1)C(Cl)n1ccnc1. The van der Waals surface area contributed by atoms with Gasteiger partial charge in [-0.3, -0.25) is 0 Å². The third-order valence-electron chi connectivity index (χ3n) is 3.34. The number of hydrogen-bond donors (Lipinski definition) is 1. The van der Waals surface area contributed by atoms with E-state index < -0.39 is 11.6 Å². The lowest BCUT2D eigenvalue weighted by Crippen LogP contribution is -2.23. The van der Waals surface area contributed by atoms with E-state index in [4.69, 9.17) is 40.2 Å². The minimum atomic E-state index is -0.487. The molecule has 1 aromatic carbocycles. The van der Waals surface area contributed by atoms with Gasteiger partial charge in [-0.2, -0.15) is 12.6 Å². The van der Waals surface area contributed by atoms with E-state index in [1.54, 1.807) is 35.4 Å². The van der Waals surface area contributed by atoms with Gasteiger partial charge >= 0.3 is 0 Å². The Hall–Kier alpha value is -0.750. The van der Waals surface area contributed by atoms with Crippen molar-refractivity contribution in [2.75, 3.05) is 0 Å². The van der Waals surface area contributed by atoms with Gasteiger partial charge in [0.05, 0.1) is 11.6 Å². The molecule has 0 aliphatic rings. The molecular formula is C16H18Cl2N2OS2. The maximum absolute atomic E-state index is 6.59. The molecule has 1 aromatic heterocycles. The Balaban J connectivity index is 2.24. The maximum atomic E-state index is 6.59. The Morgan fingerprint density at radius 3 is 2.65 bits per heavy atom. The number of ether oxygens (including phenoxy) is 1. The number of benzene rings is 1. The second-order valence-electron chi connectivity index (χ2n) is 5.10. The molecule has 7 heteroatoms. The molecule has 0 bridgehead atoms. The Morgan fingerprint density at radius 1 is 1.39 bits per heavy atom. The second-order valence-corrected chi connectivity index (χ2v) is 7.01. The first-order chi connectivity index (χ1) is 11.0. The van der Waals surface area contributed by atoms with Crippen molar-refractivity contribution in [3.05, 3.63) is 53.6 Å². The molecule has 0 fully saturated rings. The maximum Gasteiger partial charge on any atom is 0.173 e. The largest absolute Gasteiger partial charge is 0.474 e. The van der Waals surface area contributed by atoms with Gasteiger partial charge in [0.15, 0.2) is 11.2 Å². The highest BCUT2D eigenvalue weighted by Gasteiger charge is 2.27. The van der Waals surface area contributed by atoms with Crippen molar-refractivity contribution in [3.63, 3.8) is 0 Å². The monoisotopic (exact) mass is 388 g/mol. The number of hydrogen-bond acceptors (Lipinski definition) is 4. The fraction of sp³-hybridized carbons (Fsp3) is 0.375. The fourth-order valence-electron chi connectivity index (χ4n) is 2.10. The summed E-state index contributed by atoms with van der Waals surface area (Å²) in [5.74, 6) is 0. The predicted molar refractivity (Wildman–Crippen MR) is 103 cm³/mol. The molecule has 124 valence electrons. The summed E-state index contributed by atoms with van der Waals surface area (Å²) in [6, 6.07) is 7.38. The zero-order valence-corrected chi connectivity index (χ0v) is 15.8. The highest BCUT2D eigenvalue weighted by molar-refractivity contribution is 7.86. The van der Waals surface area contributed by atoms with Crippen molar-refractivity contribution in [1.29, 1.82) is 0 Å². The van der Waals surface area contributed by atoms with Gasteiger partial charge in [0.25, 0.3) is 0 Å². The lowest BCUT2D eigenvalue weighted by molar-refractivity contribution is 0.163. The van der Waals surface area contributed by atoms with Crippen molar-refractivity contribution in [1.82, 2.24) is 9.55 Å². The smallest absolute Gasteiger partial charge is 0.173 e. The molecule has 3 atom stereocenters. The fourth-order valence-corrected chi connectivity index (χ4v) is 3.08. The predicted octanol–water partition coefficient (Wildman–Crippen LogP) is 5.46. The minimum absolute atomic E-state index is 0.101. The van der Waals surface area contributed by atoms with Crippen LogP contribution >= 0.6 is 48.0 Å². The molecule has 0 saturated heterocycles. The van der Waals surface area contributed by atoms with Crippen LogP contribution in [0.4, 0.5) is 0 Å². The zero-order chi connectivity index (χ0) is 16.8. The summed E-state index contributed by atoms with van der Waals surface area (Å²) in [5, 5.41) is 0.999. The van der Waals surface area contributed by atoms with E-state index in [1.807, 2.05) is 12.1 Å². The second kappa shape index (κ2) is 8.92. The number of thiol groups is 1. The third kappa shape index (κ3) is 5.11. The third-order valence-corrected chi connectivity index (χ3v) is 5.09. The van der Waals surface area contributed by atoms with Crippen LogP contribution in [0, 0.1) is 0 Å². The average molecular weight is 389 g/mol. The van der Waals surface area contributed by atoms with Gasteiger partial charge in [-0.25, -0.2) is 4.98 Å². The summed E-state index contributed by atoms with van der Waals surface area (Å²) in [7, 11) is 0. The molecule has 0 aliphatic heterocycles. The van der Waals surface area contributed by atoms with Gasteiger partial charge in [0.1, 0.15) is 5.50 Å². The molecule has 2 rings (SSSR count). The number of thiocarbonyl (C=S) groups is 1. The Labute approximate surface area is 157 Å². The highest BCUT2D eigenvalue weighted by atomic mass is 35.5. The normalized spacial score (nSPS) is 15.0. The van der Waals surface area contributed by atoms with E-state index in [0.717, 1.165) is 18.4 Å². The summed E-state index contributed by atoms with van der Waals surface area (Å²) in [6.45, 7) is 2.08. The molecule has 0 N–H and O–H groups in total. The molecule has 0 spiro atoms. The first-order valence-electron chi connectivity index (χ1n) is 7.28. The van der Waals surface area contributed by atoms with Crippen LogP contribution in [0.1, 0.15) is 36.9 Å². The van der Waals surface area contributed by atoms with Gasteiger partial charge in [-0.05, 0) is 36.3 Å². The molecule has 23 heavy (non-hydrogen) atoms. The molecule has 0 aliphatic carbocycles. The van der Waals surface area contributed by atoms with Crippen molar-refractivity contribution >= 4 is 53.1 Å². The zero-order valence-electron chi connectivity index (χ0n) is 12.6. The number of imidazole rings is 1. The van der Waals surface area contributed by atoms with E-state index in [0.29, 0.717) is 10.1 Å². The van der Waals surface area contributed by atoms with Crippen molar-refractivity contribution in [3.8, 4) is 0 Å². The van der Waals surface area contributed by atoms with Crippen molar-refractivity contribution < 1.29 is 4.74 Å². The van der Waals surface area contributed by atoms with Gasteiger partial charge in [-0.1, -0.05) is 48.7 Å². The summed E-state index contributed by atoms with van der Waals surface area (Å²) in [4.78, 5) is 4.03. The van der Waals surface area contributed by atoms with Crippen molar-refractivity contribution in [2.45, 2.75) is 36.6 Å². The average Bonchev–Trinajstić information content (AvgIpc) is 3.07. The van der Waals surface area contributed by atoms with Gasteiger partial charge in [0, 0.05) is 17.4 Å². The summed E-state index contributed by atoms with van der Waals surface area (Å²) >= 11 is 22.4. The van der Waals surface area contributed by atoms with Crippen LogP contribution in [0.15, 0.2) is 43.0 Å². The van der Waals surface area contributed by atoms with Gasteiger partial charge < -0.3 is 9.30 Å². The molecule has 3 unspecified atom stereocenters. The number of nitrogens with zero attached hydrogens (tertiary/aromatic N) is 2. The molecule has 1 heterocycles. The van der Waals surface area contributed by atoms with Gasteiger partial charge in [0.2, 0.25) is 0 Å². The van der Waals surface area contributed by atoms with Crippen molar-refractivity contribution in [2.24, 2.45) is 0 Å². The van der Waals surface area contributed by atoms with Crippen LogP contribution in [0.2, 0.25) is 5.02 Å². The van der Waals surface area contributed by atoms with Gasteiger partial charge in [-0.15, -0.1) is 0 Å². The summed E-state index contributed by atoms with van der Waals surface area (Å²) in [5.41, 5.74) is 0.404. The minimum Gasteiger partial charge on any atom is -0.474 e. The lowest BCUT2D eigenvalue weighted by Gasteiger charge is -2.26. The van der Waals surface area contributed by atoms with Crippen LogP contribution < -0.4 is 0 Å². The topological polar surface area (TPSA) is 27.1 Å². The summed E-state index contributed by atoms with van der Waals surface area (Å²) in [6.07, 6.45) is 6.49. The Kier molecular flexibility index (Phi) is 7.21. The lowest BCUT2D eigenvalue weighted by atomic mass is 10.1. The van der Waals surface area contributed by atoms with Crippen LogP contribution in [-0.2, 0) is 4.74 Å². The molecule has 2 aromatic rings. The molecule has 0 amide bonds. The van der Waals surface area contributed by atoms with E-state index in [1.165, 1.54) is 0 Å². The number of aromatic nitrogens is 2. The standard InChI is InChI=1S/C16H18Cl2N2OS2/c1-2-3-13(22)16(23)21-14(11-4-6-12(17)7-5-11)15(18)20-9-8-19-10-20/h4-10,13-15,22H,2-3H2,1H3. The van der Waals surface area contributed by atoms with Crippen LogP contribution in [0.25, 0.3) is 0 Å². The highest BCUT2D eigenvalue weighted by Crippen LogP contribution is 2.35. The first-order valence-corrected chi connectivity index (χ1v) is 9.02. The first kappa shape index (κ1) is 18.6. The number of alkyl halides is 1. The molecule has 0 radical (unpaired) electrons. The molecule has 3 nitrogen and oxygen atoms in total. The molecule has 0 saturated carbocycles. The van der Waals surface area contributed by atoms with E-state index in [2.05, 4.69) is 24.5 Å². The number of halogens is 2. The quantitative estimate of drug-likeness (QED) is 0.387. The Morgan fingerprint density at radius 2 is 2.09 bits per heavy atom. The number of rotatable bonds is 7.